The van der Waals surface area contributed by atoms with E-state index in [9.17, 15) is 35.1 Å². The molecule has 176 valence electrons. The van der Waals surface area contributed by atoms with Crippen LogP contribution >= 0.6 is 0 Å². The molecule has 0 atom stereocenters. The number of anilines is 2. The van der Waals surface area contributed by atoms with Crippen LogP contribution in [0.2, 0.25) is 0 Å². The van der Waals surface area contributed by atoms with Gasteiger partial charge in [-0.05, 0) is 0 Å². The van der Waals surface area contributed by atoms with Crippen LogP contribution < -0.4 is 15.9 Å². The summed E-state index contributed by atoms with van der Waals surface area (Å²) < 4.78 is 116. The summed E-state index contributed by atoms with van der Waals surface area (Å²) in [6, 6.07) is 0. The molecule has 2 aliphatic heterocycles. The van der Waals surface area contributed by atoms with Crippen LogP contribution in [0.15, 0.2) is 0 Å². The van der Waals surface area contributed by atoms with Gasteiger partial charge < -0.3 is 0 Å². The molecule has 0 amide bonds. The van der Waals surface area contributed by atoms with Crippen molar-refractivity contribution in [2.75, 3.05) is 36.0 Å². The van der Waals surface area contributed by atoms with Crippen molar-refractivity contribution in [1.82, 2.24) is 0 Å². The second-order valence-corrected chi connectivity index (χ2v) is 15.3. The number of hydrogen-bond donors (Lipinski definition) is 0. The molecule has 0 saturated carbocycles. The van der Waals surface area contributed by atoms with E-state index in [0.29, 0.717) is 25.7 Å². The summed E-state index contributed by atoms with van der Waals surface area (Å²) in [5, 5.41) is 0. The fraction of sp³-hybridized carbons (Fsp3) is 0.455. The molecule has 4 rings (SSSR count). The van der Waals surface area contributed by atoms with Gasteiger partial charge in [-0.3, -0.25) is 0 Å². The van der Waals surface area contributed by atoms with E-state index in [4.69, 9.17) is 0 Å². The third-order valence-corrected chi connectivity index (χ3v) is 13.9. The molecule has 2 aliphatic rings. The monoisotopic (exact) mass is 666 g/mol. The number of halogens is 8. The molecule has 0 spiro atoms. The van der Waals surface area contributed by atoms with E-state index in [0.717, 1.165) is 12.8 Å². The Morgan fingerprint density at radius 2 is 0.667 bits per heavy atom. The van der Waals surface area contributed by atoms with E-state index in [-0.39, 0.29) is 26.2 Å². The Balaban J connectivity index is 1.76. The van der Waals surface area contributed by atoms with Crippen molar-refractivity contribution in [3.8, 4) is 0 Å². The van der Waals surface area contributed by atoms with Crippen molar-refractivity contribution in [2.45, 2.75) is 38.5 Å². The quantitative estimate of drug-likeness (QED) is 0.263. The van der Waals surface area contributed by atoms with E-state index in [2.05, 4.69) is 0 Å². The van der Waals surface area contributed by atoms with Gasteiger partial charge in [0.15, 0.2) is 0 Å². The first kappa shape index (κ1) is 24.5. The topological polar surface area (TPSA) is 6.48 Å². The van der Waals surface area contributed by atoms with Gasteiger partial charge in [-0.25, -0.2) is 0 Å². The molecule has 0 bridgehead atoms. The molecule has 2 aromatic rings. The van der Waals surface area contributed by atoms with Crippen LogP contribution in [0.3, 0.4) is 0 Å². The average molecular weight is 665 g/mol. The minimum atomic E-state index is -3.99. The van der Waals surface area contributed by atoms with E-state index < -0.39 is 88.6 Å². The Morgan fingerprint density at radius 3 is 0.939 bits per heavy atom. The van der Waals surface area contributed by atoms with E-state index in [1.807, 2.05) is 0 Å². The van der Waals surface area contributed by atoms with Gasteiger partial charge in [0.2, 0.25) is 0 Å². The summed E-state index contributed by atoms with van der Waals surface area (Å²) in [7, 11) is 0. The summed E-state index contributed by atoms with van der Waals surface area (Å²) in [5.41, 5.74) is -1.72. The van der Waals surface area contributed by atoms with Gasteiger partial charge in [0.1, 0.15) is 0 Å². The molecule has 0 aromatic heterocycles. The van der Waals surface area contributed by atoms with Gasteiger partial charge in [0.05, 0.1) is 0 Å². The molecule has 0 N–H and O–H groups in total. The van der Waals surface area contributed by atoms with Crippen molar-refractivity contribution < 1.29 is 59.7 Å². The first-order chi connectivity index (χ1) is 15.7. The zero-order chi connectivity index (χ0) is 23.9. The van der Waals surface area contributed by atoms with Gasteiger partial charge in [0.25, 0.3) is 0 Å². The molecular weight excluding hydrogens is 645 g/mol. The number of rotatable bonds is 4. The molecule has 0 radical (unpaired) electrons. The van der Waals surface area contributed by atoms with Crippen molar-refractivity contribution in [3.63, 3.8) is 0 Å². The van der Waals surface area contributed by atoms with Crippen LogP contribution in [0, 0.1) is 46.5 Å². The minimum absolute atomic E-state index is 0.202. The Bertz CT molecular complexity index is 924. The molecule has 2 saturated heterocycles. The van der Waals surface area contributed by atoms with E-state index in [1.54, 1.807) is 0 Å². The second kappa shape index (κ2) is 9.96. The van der Waals surface area contributed by atoms with Gasteiger partial charge >= 0.3 is 198 Å². The summed E-state index contributed by atoms with van der Waals surface area (Å²) in [4.78, 5) is 2.38. The molecule has 0 aliphatic carbocycles. The fourth-order valence-electron chi connectivity index (χ4n) is 4.61. The average Bonchev–Trinajstić information content (AvgIpc) is 2.83. The van der Waals surface area contributed by atoms with Crippen LogP contribution in [0.4, 0.5) is 46.5 Å². The molecule has 2 fully saturated rings. The SMILES string of the molecule is Fc1c(F)c(N2CCCCC2)c(F)c(F)[c]1[Hg][c]1c(F)c(F)c(N2CCCCC2)c(F)c1F. The Morgan fingerprint density at radius 1 is 0.394 bits per heavy atom. The first-order valence-corrected chi connectivity index (χ1v) is 16.4. The molecule has 2 aromatic carbocycles. The Kier molecular flexibility index (Phi) is 7.40. The fourth-order valence-corrected chi connectivity index (χ4v) is 10.8. The van der Waals surface area contributed by atoms with E-state index in [1.165, 1.54) is 9.80 Å². The molecule has 0 unspecified atom stereocenters. The van der Waals surface area contributed by atoms with Crippen molar-refractivity contribution >= 4 is 17.5 Å². The Labute approximate surface area is 198 Å². The molecule has 11 heteroatoms. The number of nitrogens with zero attached hydrogens (tertiary/aromatic N) is 2. The molecular formula is C22H20F8HgN2. The predicted octanol–water partition coefficient (Wildman–Crippen LogP) is 4.81. The summed E-state index contributed by atoms with van der Waals surface area (Å²) in [6.07, 6.45) is 3.96. The van der Waals surface area contributed by atoms with Gasteiger partial charge in [-0.1, -0.05) is 0 Å². The van der Waals surface area contributed by atoms with E-state index >= 15 is 0 Å². The zero-order valence-electron chi connectivity index (χ0n) is 17.7. The molecule has 33 heavy (non-hydrogen) atoms. The third-order valence-electron chi connectivity index (χ3n) is 6.36. The normalized spacial score (nSPS) is 16.8. The maximum atomic E-state index is 14.8. The Hall–Kier alpha value is -1.58. The molecule has 2 heterocycles. The van der Waals surface area contributed by atoms with Gasteiger partial charge in [-0.15, -0.1) is 0 Å². The summed E-state index contributed by atoms with van der Waals surface area (Å²) in [6.45, 7) is 0.809. The summed E-state index contributed by atoms with van der Waals surface area (Å²) in [5.74, 6) is -13.6. The van der Waals surface area contributed by atoms with Gasteiger partial charge in [-0.2, -0.15) is 0 Å². The number of piperidine rings is 2. The van der Waals surface area contributed by atoms with Gasteiger partial charge in [0, 0.05) is 0 Å². The first-order valence-electron chi connectivity index (χ1n) is 10.9. The van der Waals surface area contributed by atoms with Crippen LogP contribution in [0.1, 0.15) is 38.5 Å². The van der Waals surface area contributed by atoms with Crippen molar-refractivity contribution in [2.24, 2.45) is 0 Å². The van der Waals surface area contributed by atoms with Crippen LogP contribution in [-0.2, 0) is 24.6 Å². The van der Waals surface area contributed by atoms with Crippen LogP contribution in [-0.4, -0.2) is 26.2 Å². The number of benzene rings is 2. The maximum absolute atomic E-state index is 14.8. The van der Waals surface area contributed by atoms with Crippen LogP contribution in [0.25, 0.3) is 0 Å². The third kappa shape index (κ3) is 4.43. The molecule has 2 nitrogen and oxygen atoms in total. The number of hydrogen-bond acceptors (Lipinski definition) is 2. The van der Waals surface area contributed by atoms with Crippen molar-refractivity contribution in [3.05, 3.63) is 46.5 Å². The summed E-state index contributed by atoms with van der Waals surface area (Å²) >= 11 is -3.99. The second-order valence-electron chi connectivity index (χ2n) is 8.44. The van der Waals surface area contributed by atoms with Crippen molar-refractivity contribution in [1.29, 1.82) is 0 Å². The predicted molar refractivity (Wildman–Crippen MR) is 104 cm³/mol. The zero-order valence-corrected chi connectivity index (χ0v) is 23.2. The van der Waals surface area contributed by atoms with Crippen LogP contribution in [0.5, 0.6) is 0 Å². The standard InChI is InChI=1S/2C11H10F4N.Hg/c2*12-7-6-8(13)10(15)11(9(7)14)16-4-2-1-3-5-16;/h2*1-5H2;.